The topological polar surface area (TPSA) is 44.7 Å². The predicted molar refractivity (Wildman–Crippen MR) is 94.1 cm³/mol. The Kier molecular flexibility index (Phi) is 5.61. The van der Waals surface area contributed by atoms with E-state index in [0.29, 0.717) is 5.56 Å². The van der Waals surface area contributed by atoms with Gasteiger partial charge in [-0.1, -0.05) is 12.1 Å². The molecular formula is C17H19N3OS. The zero-order valence-electron chi connectivity index (χ0n) is 12.9. The van der Waals surface area contributed by atoms with Crippen LogP contribution in [0.3, 0.4) is 0 Å². The molecule has 0 fully saturated rings. The monoisotopic (exact) mass is 313 g/mol. The molecule has 0 spiro atoms. The molecule has 114 valence electrons. The Labute approximate surface area is 135 Å². The van der Waals surface area contributed by atoms with Gasteiger partial charge in [-0.2, -0.15) is 5.10 Å². The molecule has 0 bridgehead atoms. The van der Waals surface area contributed by atoms with E-state index in [0.717, 1.165) is 11.3 Å². The van der Waals surface area contributed by atoms with Gasteiger partial charge in [0.15, 0.2) is 0 Å². The van der Waals surface area contributed by atoms with Crippen LogP contribution in [-0.2, 0) is 0 Å². The van der Waals surface area contributed by atoms with Crippen LogP contribution in [0.2, 0.25) is 0 Å². The van der Waals surface area contributed by atoms with Crippen LogP contribution in [0, 0.1) is 0 Å². The summed E-state index contributed by atoms with van der Waals surface area (Å²) in [7, 11) is 3.92. The van der Waals surface area contributed by atoms with E-state index in [1.165, 1.54) is 4.90 Å². The third kappa shape index (κ3) is 4.36. The maximum atomic E-state index is 12.0. The van der Waals surface area contributed by atoms with E-state index >= 15 is 0 Å². The molecule has 22 heavy (non-hydrogen) atoms. The van der Waals surface area contributed by atoms with E-state index in [9.17, 15) is 4.79 Å². The molecule has 5 heteroatoms. The fourth-order valence-corrected chi connectivity index (χ4v) is 2.24. The van der Waals surface area contributed by atoms with Gasteiger partial charge in [0, 0.05) is 30.2 Å². The molecule has 0 radical (unpaired) electrons. The number of carbonyl (C=O) groups is 1. The maximum Gasteiger partial charge on any atom is 0.271 e. The highest BCUT2D eigenvalue weighted by Gasteiger charge is 2.04. The van der Waals surface area contributed by atoms with Crippen LogP contribution in [0.4, 0.5) is 5.69 Å². The molecule has 0 aliphatic carbocycles. The first kappa shape index (κ1) is 16.1. The molecular weight excluding hydrogens is 294 g/mol. The number of thioether (sulfide) groups is 1. The molecule has 2 rings (SSSR count). The van der Waals surface area contributed by atoms with E-state index in [-0.39, 0.29) is 5.91 Å². The summed E-state index contributed by atoms with van der Waals surface area (Å²) >= 11 is 1.69. The molecule has 0 unspecified atom stereocenters. The maximum absolute atomic E-state index is 12.0. The van der Waals surface area contributed by atoms with Crippen molar-refractivity contribution < 1.29 is 4.79 Å². The first-order valence-electron chi connectivity index (χ1n) is 6.85. The van der Waals surface area contributed by atoms with Crippen molar-refractivity contribution in [1.29, 1.82) is 0 Å². The summed E-state index contributed by atoms with van der Waals surface area (Å²) in [6.07, 6.45) is 3.67. The number of hydrogen-bond acceptors (Lipinski definition) is 4. The molecule has 0 saturated carbocycles. The lowest BCUT2D eigenvalue weighted by atomic mass is 10.2. The third-order valence-corrected chi connectivity index (χ3v) is 3.88. The van der Waals surface area contributed by atoms with Crippen molar-refractivity contribution in [2.75, 3.05) is 25.3 Å². The molecule has 0 aromatic heterocycles. The van der Waals surface area contributed by atoms with Crippen LogP contribution in [0.5, 0.6) is 0 Å². The molecule has 2 aromatic carbocycles. The number of hydrogen-bond donors (Lipinski definition) is 1. The van der Waals surface area contributed by atoms with Crippen molar-refractivity contribution in [3.8, 4) is 0 Å². The van der Waals surface area contributed by atoms with Gasteiger partial charge in [0.05, 0.1) is 6.21 Å². The first-order valence-corrected chi connectivity index (χ1v) is 8.07. The van der Waals surface area contributed by atoms with Crippen LogP contribution in [0.25, 0.3) is 0 Å². The Morgan fingerprint density at radius 2 is 1.73 bits per heavy atom. The number of amides is 1. The van der Waals surface area contributed by atoms with E-state index in [1.807, 2.05) is 61.6 Å². The summed E-state index contributed by atoms with van der Waals surface area (Å²) < 4.78 is 0. The predicted octanol–water partition coefficient (Wildman–Crippen LogP) is 3.24. The third-order valence-electron chi connectivity index (χ3n) is 3.14. The Balaban J connectivity index is 1.95. The lowest BCUT2D eigenvalue weighted by Crippen LogP contribution is -2.17. The second-order valence-corrected chi connectivity index (χ2v) is 5.79. The highest BCUT2D eigenvalue weighted by atomic mass is 32.2. The van der Waals surface area contributed by atoms with Gasteiger partial charge in [0.2, 0.25) is 0 Å². The highest BCUT2D eigenvalue weighted by molar-refractivity contribution is 7.98. The molecule has 1 N–H and O–H groups in total. The molecule has 0 heterocycles. The van der Waals surface area contributed by atoms with Gasteiger partial charge < -0.3 is 4.90 Å². The molecule has 4 nitrogen and oxygen atoms in total. The van der Waals surface area contributed by atoms with Crippen LogP contribution in [-0.4, -0.2) is 32.5 Å². The minimum absolute atomic E-state index is 0.220. The second kappa shape index (κ2) is 7.66. The van der Waals surface area contributed by atoms with E-state index in [2.05, 4.69) is 10.5 Å². The van der Waals surface area contributed by atoms with E-state index in [1.54, 1.807) is 30.1 Å². The molecule has 1 amide bonds. The number of nitrogens with zero attached hydrogens (tertiary/aromatic N) is 2. The van der Waals surface area contributed by atoms with Crippen LogP contribution < -0.4 is 10.3 Å². The zero-order chi connectivity index (χ0) is 15.9. The first-order chi connectivity index (χ1) is 10.6. The number of nitrogens with one attached hydrogen (secondary N) is 1. The molecule has 0 saturated heterocycles. The van der Waals surface area contributed by atoms with Gasteiger partial charge in [0.1, 0.15) is 0 Å². The smallest absolute Gasteiger partial charge is 0.271 e. The van der Waals surface area contributed by atoms with Crippen LogP contribution >= 0.6 is 11.8 Å². The highest BCUT2D eigenvalue weighted by Crippen LogP contribution is 2.14. The molecule has 0 aliphatic rings. The molecule has 0 aliphatic heterocycles. The quantitative estimate of drug-likeness (QED) is 0.523. The SMILES string of the molecule is CSc1ccc(/C=N\NC(=O)c2ccc(N(C)C)cc2)cc1. The van der Waals surface area contributed by atoms with Gasteiger partial charge in [-0.3, -0.25) is 4.79 Å². The van der Waals surface area contributed by atoms with Crippen molar-refractivity contribution in [2.24, 2.45) is 5.10 Å². The molecule has 2 aromatic rings. The molecule has 0 atom stereocenters. The second-order valence-electron chi connectivity index (χ2n) is 4.91. The number of hydrazone groups is 1. The summed E-state index contributed by atoms with van der Waals surface area (Å²) in [4.78, 5) is 15.2. The van der Waals surface area contributed by atoms with Crippen LogP contribution in [0.15, 0.2) is 58.5 Å². The van der Waals surface area contributed by atoms with Gasteiger partial charge in [-0.05, 0) is 48.2 Å². The number of carbonyl (C=O) groups excluding carboxylic acids is 1. The van der Waals surface area contributed by atoms with E-state index in [4.69, 9.17) is 0 Å². The average Bonchev–Trinajstić information content (AvgIpc) is 2.55. The Hall–Kier alpha value is -2.27. The largest absolute Gasteiger partial charge is 0.378 e. The van der Waals surface area contributed by atoms with Gasteiger partial charge in [0.25, 0.3) is 5.91 Å². The summed E-state index contributed by atoms with van der Waals surface area (Å²) in [6, 6.07) is 15.3. The summed E-state index contributed by atoms with van der Waals surface area (Å²) in [5.74, 6) is -0.220. The number of benzene rings is 2. The van der Waals surface area contributed by atoms with E-state index < -0.39 is 0 Å². The van der Waals surface area contributed by atoms with Crippen molar-refractivity contribution in [3.63, 3.8) is 0 Å². The zero-order valence-corrected chi connectivity index (χ0v) is 13.7. The van der Waals surface area contributed by atoms with Crippen molar-refractivity contribution in [3.05, 3.63) is 59.7 Å². The Morgan fingerprint density at radius 3 is 2.27 bits per heavy atom. The number of anilines is 1. The summed E-state index contributed by atoms with van der Waals surface area (Å²) in [5.41, 5.74) is 5.12. The summed E-state index contributed by atoms with van der Waals surface area (Å²) in [6.45, 7) is 0. The van der Waals surface area contributed by atoms with Crippen LogP contribution in [0.1, 0.15) is 15.9 Å². The minimum atomic E-state index is -0.220. The fraction of sp³-hybridized carbons (Fsp3) is 0.176. The minimum Gasteiger partial charge on any atom is -0.378 e. The van der Waals surface area contributed by atoms with Crippen molar-refractivity contribution in [2.45, 2.75) is 4.90 Å². The van der Waals surface area contributed by atoms with Crippen molar-refractivity contribution in [1.82, 2.24) is 5.43 Å². The summed E-state index contributed by atoms with van der Waals surface area (Å²) in [5, 5.41) is 3.99. The van der Waals surface area contributed by atoms with Crippen molar-refractivity contribution >= 4 is 29.6 Å². The average molecular weight is 313 g/mol. The lowest BCUT2D eigenvalue weighted by Gasteiger charge is -2.12. The Morgan fingerprint density at radius 1 is 1.09 bits per heavy atom. The van der Waals surface area contributed by atoms with Gasteiger partial charge >= 0.3 is 0 Å². The normalized spacial score (nSPS) is 10.7. The number of rotatable bonds is 5. The Bertz CT molecular complexity index is 649. The van der Waals surface area contributed by atoms with Gasteiger partial charge in [-0.15, -0.1) is 11.8 Å². The van der Waals surface area contributed by atoms with Gasteiger partial charge in [-0.25, -0.2) is 5.43 Å². The fourth-order valence-electron chi connectivity index (χ4n) is 1.83. The standard InChI is InChI=1S/C17H19N3OS/c1-20(2)15-8-6-14(7-9-15)17(21)19-18-12-13-4-10-16(22-3)11-5-13/h4-12H,1-3H3,(H,19,21)/b18-12-. The lowest BCUT2D eigenvalue weighted by molar-refractivity contribution is 0.0955.